The highest BCUT2D eigenvalue weighted by Crippen LogP contribution is 2.22. The molecule has 8 heteroatoms. The Kier molecular flexibility index (Phi) is 7.53. The smallest absolute Gasteiger partial charge is 0.339 e. The quantitative estimate of drug-likeness (QED) is 0.401. The van der Waals surface area contributed by atoms with Crippen molar-refractivity contribution in [3.63, 3.8) is 0 Å². The van der Waals surface area contributed by atoms with E-state index in [2.05, 4.69) is 0 Å². The van der Waals surface area contributed by atoms with Gasteiger partial charge in [-0.3, -0.25) is 4.79 Å². The van der Waals surface area contributed by atoms with Crippen LogP contribution in [0.15, 0.2) is 77.7 Å². The minimum absolute atomic E-state index is 0.107. The summed E-state index contributed by atoms with van der Waals surface area (Å²) in [5, 5.41) is 0.546. The standard InChI is InChI=1S/C24H23ClFNO4S/c1-17(2)15-27(24(28)19-6-8-20(25)9-7-19)16-18-4-3-5-22(14-18)31-32(29,30)23-12-10-21(26)11-13-23/h3-14,17H,15-16H2,1-2H3. The Bertz CT molecular complexity index is 1180. The number of amides is 1. The molecular weight excluding hydrogens is 453 g/mol. The predicted molar refractivity (Wildman–Crippen MR) is 122 cm³/mol. The van der Waals surface area contributed by atoms with Gasteiger partial charge in [0.05, 0.1) is 0 Å². The van der Waals surface area contributed by atoms with Crippen molar-refractivity contribution in [3.8, 4) is 5.75 Å². The topological polar surface area (TPSA) is 63.7 Å². The zero-order valence-corrected chi connectivity index (χ0v) is 19.2. The Morgan fingerprint density at radius 3 is 2.31 bits per heavy atom. The van der Waals surface area contributed by atoms with E-state index in [4.69, 9.17) is 15.8 Å². The fourth-order valence-corrected chi connectivity index (χ4v) is 4.18. The third kappa shape index (κ3) is 6.31. The van der Waals surface area contributed by atoms with Crippen molar-refractivity contribution < 1.29 is 21.8 Å². The van der Waals surface area contributed by atoms with Gasteiger partial charge in [0.2, 0.25) is 0 Å². The molecule has 0 aliphatic carbocycles. The number of hydrogen-bond acceptors (Lipinski definition) is 4. The summed E-state index contributed by atoms with van der Waals surface area (Å²) < 4.78 is 43.3. The molecule has 0 unspecified atom stereocenters. The van der Waals surface area contributed by atoms with Crippen molar-refractivity contribution >= 4 is 27.6 Å². The van der Waals surface area contributed by atoms with Gasteiger partial charge in [-0.1, -0.05) is 37.6 Å². The third-order valence-corrected chi connectivity index (χ3v) is 6.06. The van der Waals surface area contributed by atoms with Crippen LogP contribution in [-0.4, -0.2) is 25.8 Å². The predicted octanol–water partition coefficient (Wildman–Crippen LogP) is 5.55. The number of rotatable bonds is 8. The highest BCUT2D eigenvalue weighted by Gasteiger charge is 2.20. The van der Waals surface area contributed by atoms with Gasteiger partial charge in [-0.05, 0) is 72.1 Å². The zero-order chi connectivity index (χ0) is 23.3. The van der Waals surface area contributed by atoms with Gasteiger partial charge in [0.15, 0.2) is 0 Å². The molecule has 0 atom stereocenters. The Hall–Kier alpha value is -2.90. The molecule has 0 saturated carbocycles. The van der Waals surface area contributed by atoms with Gasteiger partial charge in [-0.2, -0.15) is 8.42 Å². The molecule has 0 saturated heterocycles. The summed E-state index contributed by atoms with van der Waals surface area (Å²) in [6.45, 7) is 4.81. The molecule has 3 aromatic rings. The number of halogens is 2. The molecule has 3 rings (SSSR count). The highest BCUT2D eigenvalue weighted by molar-refractivity contribution is 7.87. The average Bonchev–Trinajstić information content (AvgIpc) is 2.73. The first kappa shape index (κ1) is 23.8. The maximum atomic E-state index is 13.1. The van der Waals surface area contributed by atoms with Gasteiger partial charge in [0.1, 0.15) is 16.5 Å². The first-order valence-electron chi connectivity index (χ1n) is 9.98. The molecule has 168 valence electrons. The molecule has 0 heterocycles. The van der Waals surface area contributed by atoms with Crippen LogP contribution in [0.4, 0.5) is 4.39 Å². The summed E-state index contributed by atoms with van der Waals surface area (Å²) in [4.78, 5) is 14.6. The first-order chi connectivity index (χ1) is 15.1. The van der Waals surface area contributed by atoms with Crippen LogP contribution >= 0.6 is 11.6 Å². The number of nitrogens with zero attached hydrogens (tertiary/aromatic N) is 1. The van der Waals surface area contributed by atoms with E-state index in [1.807, 2.05) is 13.8 Å². The van der Waals surface area contributed by atoms with Gasteiger partial charge >= 0.3 is 10.1 Å². The lowest BCUT2D eigenvalue weighted by molar-refractivity contribution is 0.0722. The maximum Gasteiger partial charge on any atom is 0.339 e. The second-order valence-electron chi connectivity index (χ2n) is 7.73. The van der Waals surface area contributed by atoms with Crippen LogP contribution in [-0.2, 0) is 16.7 Å². The summed E-state index contributed by atoms with van der Waals surface area (Å²) >= 11 is 5.93. The van der Waals surface area contributed by atoms with Crippen LogP contribution in [0.25, 0.3) is 0 Å². The normalized spacial score (nSPS) is 11.4. The van der Waals surface area contributed by atoms with E-state index in [-0.39, 0.29) is 29.0 Å². The fraction of sp³-hybridized carbons (Fsp3) is 0.208. The molecule has 0 aliphatic heterocycles. The minimum atomic E-state index is -4.12. The molecule has 0 radical (unpaired) electrons. The van der Waals surface area contributed by atoms with E-state index >= 15 is 0 Å². The van der Waals surface area contributed by atoms with Crippen LogP contribution in [0.1, 0.15) is 29.8 Å². The molecule has 0 bridgehead atoms. The average molecular weight is 476 g/mol. The molecule has 0 fully saturated rings. The molecular formula is C24H23ClFNO4S. The Morgan fingerprint density at radius 2 is 1.69 bits per heavy atom. The number of benzene rings is 3. The van der Waals surface area contributed by atoms with E-state index < -0.39 is 15.9 Å². The van der Waals surface area contributed by atoms with Gasteiger partial charge in [0.25, 0.3) is 5.91 Å². The van der Waals surface area contributed by atoms with E-state index in [0.717, 1.165) is 24.3 Å². The fourth-order valence-electron chi connectivity index (χ4n) is 3.13. The number of hydrogen-bond donors (Lipinski definition) is 0. The van der Waals surface area contributed by atoms with Crippen molar-refractivity contribution in [1.29, 1.82) is 0 Å². The van der Waals surface area contributed by atoms with Crippen LogP contribution in [0.3, 0.4) is 0 Å². The third-order valence-electron chi connectivity index (χ3n) is 4.54. The van der Waals surface area contributed by atoms with Crippen molar-refractivity contribution in [2.24, 2.45) is 5.92 Å². The van der Waals surface area contributed by atoms with Crippen LogP contribution in [0, 0.1) is 11.7 Å². The van der Waals surface area contributed by atoms with E-state index in [1.165, 1.54) is 6.07 Å². The summed E-state index contributed by atoms with van der Waals surface area (Å²) in [5.74, 6) is -0.359. The van der Waals surface area contributed by atoms with Gasteiger partial charge in [-0.15, -0.1) is 0 Å². The SMILES string of the molecule is CC(C)CN(Cc1cccc(OS(=O)(=O)c2ccc(F)cc2)c1)C(=O)c1ccc(Cl)cc1. The summed E-state index contributed by atoms with van der Waals surface area (Å²) in [5.41, 5.74) is 1.22. The summed E-state index contributed by atoms with van der Waals surface area (Å²) in [6, 6.07) is 17.6. The summed E-state index contributed by atoms with van der Waals surface area (Å²) in [7, 11) is -4.12. The van der Waals surface area contributed by atoms with E-state index in [1.54, 1.807) is 47.4 Å². The lowest BCUT2D eigenvalue weighted by Gasteiger charge is -2.25. The van der Waals surface area contributed by atoms with Gasteiger partial charge < -0.3 is 9.08 Å². The highest BCUT2D eigenvalue weighted by atomic mass is 35.5. The molecule has 0 aromatic heterocycles. The molecule has 1 amide bonds. The molecule has 0 N–H and O–H groups in total. The molecule has 3 aromatic carbocycles. The lowest BCUT2D eigenvalue weighted by atomic mass is 10.1. The Labute approximate surface area is 192 Å². The molecule has 0 aliphatic rings. The second-order valence-corrected chi connectivity index (χ2v) is 9.71. The molecule has 5 nitrogen and oxygen atoms in total. The van der Waals surface area contributed by atoms with Crippen molar-refractivity contribution in [3.05, 3.63) is 94.8 Å². The zero-order valence-electron chi connectivity index (χ0n) is 17.7. The van der Waals surface area contributed by atoms with Crippen LogP contribution in [0.5, 0.6) is 5.75 Å². The van der Waals surface area contributed by atoms with Crippen molar-refractivity contribution in [1.82, 2.24) is 4.90 Å². The summed E-state index contributed by atoms with van der Waals surface area (Å²) in [6.07, 6.45) is 0. The maximum absolute atomic E-state index is 13.1. The van der Waals surface area contributed by atoms with Gasteiger partial charge in [0, 0.05) is 23.7 Å². The number of carbonyl (C=O) groups is 1. The van der Waals surface area contributed by atoms with Crippen LogP contribution < -0.4 is 4.18 Å². The Morgan fingerprint density at radius 1 is 1.03 bits per heavy atom. The van der Waals surface area contributed by atoms with Gasteiger partial charge in [-0.25, -0.2) is 4.39 Å². The van der Waals surface area contributed by atoms with Crippen LogP contribution in [0.2, 0.25) is 5.02 Å². The molecule has 32 heavy (non-hydrogen) atoms. The first-order valence-corrected chi connectivity index (χ1v) is 11.8. The monoisotopic (exact) mass is 475 g/mol. The minimum Gasteiger partial charge on any atom is -0.379 e. The largest absolute Gasteiger partial charge is 0.379 e. The lowest BCUT2D eigenvalue weighted by Crippen LogP contribution is -2.33. The second kappa shape index (κ2) is 10.1. The van der Waals surface area contributed by atoms with Crippen molar-refractivity contribution in [2.75, 3.05) is 6.54 Å². The Balaban J connectivity index is 1.80. The van der Waals surface area contributed by atoms with E-state index in [0.29, 0.717) is 22.7 Å². The number of carbonyl (C=O) groups excluding carboxylic acids is 1. The van der Waals surface area contributed by atoms with Crippen molar-refractivity contribution in [2.45, 2.75) is 25.3 Å². The van der Waals surface area contributed by atoms with E-state index in [9.17, 15) is 17.6 Å². The molecule has 0 spiro atoms.